The first-order chi connectivity index (χ1) is 20.0. The number of aromatic nitrogens is 2. The summed E-state index contributed by atoms with van der Waals surface area (Å²) in [6.45, 7) is 1.83. The molecule has 0 atom stereocenters. The number of hydrogen-bond donors (Lipinski definition) is 0. The number of carbonyl (C=O) groups is 1. The van der Waals surface area contributed by atoms with Gasteiger partial charge in [0.1, 0.15) is 5.58 Å². The molecule has 0 saturated carbocycles. The number of fused-ring (bicyclic) bond motifs is 2. The smallest absolute Gasteiger partial charge is 0.282 e. The molecule has 0 N–H and O–H groups in total. The van der Waals surface area contributed by atoms with Crippen LogP contribution in [0, 0.1) is 0 Å². The Hall–Kier alpha value is -4.67. The van der Waals surface area contributed by atoms with E-state index in [2.05, 4.69) is 5.10 Å². The zero-order valence-electron chi connectivity index (χ0n) is 22.1. The first-order valence-electron chi connectivity index (χ1n) is 12.9. The van der Waals surface area contributed by atoms with Crippen molar-refractivity contribution in [1.29, 1.82) is 0 Å². The molecule has 1 aliphatic heterocycles. The summed E-state index contributed by atoms with van der Waals surface area (Å²) in [6.07, 6.45) is 1.47. The Morgan fingerprint density at radius 2 is 1.88 bits per heavy atom. The highest BCUT2D eigenvalue weighted by Gasteiger charge is 2.20. The van der Waals surface area contributed by atoms with Gasteiger partial charge in [-0.1, -0.05) is 41.9 Å². The van der Waals surface area contributed by atoms with Crippen molar-refractivity contribution in [3.63, 3.8) is 0 Å². The second-order valence-electron chi connectivity index (χ2n) is 9.28. The average Bonchev–Trinajstić information content (AvgIpc) is 3.44. The van der Waals surface area contributed by atoms with Crippen molar-refractivity contribution in [2.45, 2.75) is 0 Å². The van der Waals surface area contributed by atoms with E-state index in [9.17, 15) is 9.59 Å². The van der Waals surface area contributed by atoms with E-state index in [0.717, 1.165) is 5.39 Å². The third-order valence-corrected chi connectivity index (χ3v) is 6.96. The van der Waals surface area contributed by atoms with Crippen LogP contribution in [-0.4, -0.2) is 66.7 Å². The number of morpholine rings is 1. The molecule has 3 aromatic carbocycles. The van der Waals surface area contributed by atoms with Crippen molar-refractivity contribution in [2.75, 3.05) is 40.0 Å². The zero-order chi connectivity index (χ0) is 28.3. The van der Waals surface area contributed by atoms with Crippen LogP contribution in [0.3, 0.4) is 0 Å². The van der Waals surface area contributed by atoms with Crippen LogP contribution in [0.4, 0.5) is 0 Å². The van der Waals surface area contributed by atoms with Gasteiger partial charge >= 0.3 is 0 Å². The van der Waals surface area contributed by atoms with Crippen LogP contribution >= 0.6 is 11.6 Å². The quantitative estimate of drug-likeness (QED) is 0.262. The summed E-state index contributed by atoms with van der Waals surface area (Å²) >= 11 is 6.54. The van der Waals surface area contributed by atoms with Gasteiger partial charge in [-0.05, 0) is 42.0 Å². The van der Waals surface area contributed by atoms with E-state index < -0.39 is 0 Å². The molecule has 208 valence electrons. The summed E-state index contributed by atoms with van der Waals surface area (Å²) in [5.74, 6) is 1.03. The van der Waals surface area contributed by atoms with E-state index in [0.29, 0.717) is 59.9 Å². The Bertz CT molecular complexity index is 1810. The van der Waals surface area contributed by atoms with Gasteiger partial charge in [0.05, 0.1) is 42.5 Å². The fourth-order valence-electron chi connectivity index (χ4n) is 4.60. The van der Waals surface area contributed by atoms with Gasteiger partial charge in [-0.3, -0.25) is 9.59 Å². The highest BCUT2D eigenvalue weighted by Crippen LogP contribution is 2.36. The molecule has 0 aliphatic carbocycles. The first kappa shape index (κ1) is 26.5. The van der Waals surface area contributed by atoms with Crippen molar-refractivity contribution in [2.24, 2.45) is 5.10 Å². The number of furan rings is 1. The van der Waals surface area contributed by atoms with Gasteiger partial charge in [-0.25, -0.2) is 4.98 Å². The molecular formula is C30H25ClN4O6. The standard InChI is InChI=1S/C30H25ClN4O6/c1-38-25-15-19(14-22(31)28(25)40-18-27(36)34-10-12-39-13-11-34)17-32-35-29(26-16-20-6-2-5-9-24(20)41-26)33-23-8-4-3-7-21(23)30(35)37/h2-9,14-17H,10-13,18H2,1H3. The number of halogens is 1. The van der Waals surface area contributed by atoms with Crippen molar-refractivity contribution < 1.29 is 23.4 Å². The molecule has 1 aliphatic rings. The van der Waals surface area contributed by atoms with E-state index in [1.807, 2.05) is 36.4 Å². The molecule has 1 amide bonds. The van der Waals surface area contributed by atoms with Crippen molar-refractivity contribution in [3.05, 3.63) is 87.7 Å². The number of benzene rings is 3. The van der Waals surface area contributed by atoms with E-state index in [1.54, 1.807) is 35.2 Å². The van der Waals surface area contributed by atoms with Crippen molar-refractivity contribution in [3.8, 4) is 23.1 Å². The molecule has 41 heavy (non-hydrogen) atoms. The SMILES string of the molecule is COc1cc(C=Nn2c(-c3cc4ccccc4o3)nc3ccccc3c2=O)cc(Cl)c1OCC(=O)N1CCOCC1. The van der Waals surface area contributed by atoms with Crippen LogP contribution in [0.1, 0.15) is 5.56 Å². The minimum absolute atomic E-state index is 0.168. The van der Waals surface area contributed by atoms with Gasteiger partial charge < -0.3 is 23.5 Å². The topological polar surface area (TPSA) is 108 Å². The lowest BCUT2D eigenvalue weighted by molar-refractivity contribution is -0.137. The number of para-hydroxylation sites is 2. The summed E-state index contributed by atoms with van der Waals surface area (Å²) in [5, 5.41) is 5.99. The van der Waals surface area contributed by atoms with Crippen molar-refractivity contribution >= 4 is 45.6 Å². The van der Waals surface area contributed by atoms with Crippen LogP contribution < -0.4 is 15.0 Å². The number of hydrogen-bond acceptors (Lipinski definition) is 8. The monoisotopic (exact) mass is 572 g/mol. The number of carbonyl (C=O) groups excluding carboxylic acids is 1. The Labute approximate surface area is 239 Å². The van der Waals surface area contributed by atoms with Gasteiger partial charge in [0, 0.05) is 18.5 Å². The Balaban J connectivity index is 1.34. The molecular weight excluding hydrogens is 548 g/mol. The Morgan fingerprint density at radius 3 is 2.68 bits per heavy atom. The summed E-state index contributed by atoms with van der Waals surface area (Å²) < 4.78 is 23.8. The number of nitrogens with zero attached hydrogens (tertiary/aromatic N) is 4. The molecule has 0 radical (unpaired) electrons. The lowest BCUT2D eigenvalue weighted by atomic mass is 10.2. The molecule has 1 saturated heterocycles. The molecule has 0 unspecified atom stereocenters. The van der Waals surface area contributed by atoms with Gasteiger partial charge in [-0.15, -0.1) is 0 Å². The summed E-state index contributed by atoms with van der Waals surface area (Å²) in [6, 6.07) is 19.7. The normalized spacial score (nSPS) is 13.8. The molecule has 2 aromatic heterocycles. The minimum atomic E-state index is -0.359. The Morgan fingerprint density at radius 1 is 1.10 bits per heavy atom. The second-order valence-corrected chi connectivity index (χ2v) is 9.69. The third kappa shape index (κ3) is 5.39. The second kappa shape index (κ2) is 11.4. The first-order valence-corrected chi connectivity index (χ1v) is 13.3. The molecule has 0 bridgehead atoms. The Kier molecular flexibility index (Phi) is 7.41. The fraction of sp³-hybridized carbons (Fsp3) is 0.200. The number of methoxy groups -OCH3 is 1. The lowest BCUT2D eigenvalue weighted by Gasteiger charge is -2.26. The van der Waals surface area contributed by atoms with Gasteiger partial charge in [-0.2, -0.15) is 9.78 Å². The summed E-state index contributed by atoms with van der Waals surface area (Å²) in [4.78, 5) is 32.4. The van der Waals surface area contributed by atoms with E-state index in [1.165, 1.54) is 18.0 Å². The average molecular weight is 573 g/mol. The number of amides is 1. The minimum Gasteiger partial charge on any atom is -0.493 e. The van der Waals surface area contributed by atoms with Crippen molar-refractivity contribution in [1.82, 2.24) is 14.6 Å². The molecule has 6 rings (SSSR count). The van der Waals surface area contributed by atoms with Crippen LogP contribution in [0.25, 0.3) is 33.5 Å². The number of ether oxygens (including phenoxy) is 3. The van der Waals surface area contributed by atoms with E-state index >= 15 is 0 Å². The summed E-state index contributed by atoms with van der Waals surface area (Å²) in [5.41, 5.74) is 1.37. The van der Waals surface area contributed by atoms with Gasteiger partial charge in [0.2, 0.25) is 5.82 Å². The maximum atomic E-state index is 13.5. The maximum absolute atomic E-state index is 13.5. The van der Waals surface area contributed by atoms with E-state index in [4.69, 9.17) is 35.2 Å². The van der Waals surface area contributed by atoms with Crippen LogP contribution in [0.5, 0.6) is 11.5 Å². The highest BCUT2D eigenvalue weighted by molar-refractivity contribution is 6.32. The van der Waals surface area contributed by atoms with Gasteiger partial charge in [0.25, 0.3) is 11.5 Å². The third-order valence-electron chi connectivity index (χ3n) is 6.68. The molecule has 1 fully saturated rings. The van der Waals surface area contributed by atoms with Crippen LogP contribution in [0.15, 0.2) is 81.0 Å². The fourth-order valence-corrected chi connectivity index (χ4v) is 4.87. The van der Waals surface area contributed by atoms with Gasteiger partial charge in [0.15, 0.2) is 23.9 Å². The molecule has 5 aromatic rings. The number of rotatable bonds is 7. The molecule has 11 heteroatoms. The summed E-state index contributed by atoms with van der Waals surface area (Å²) in [7, 11) is 1.47. The lowest BCUT2D eigenvalue weighted by Crippen LogP contribution is -2.43. The molecule has 0 spiro atoms. The zero-order valence-corrected chi connectivity index (χ0v) is 22.8. The van der Waals surface area contributed by atoms with Crippen LogP contribution in [0.2, 0.25) is 5.02 Å². The van der Waals surface area contributed by atoms with E-state index in [-0.39, 0.29) is 34.7 Å². The highest BCUT2D eigenvalue weighted by atomic mass is 35.5. The largest absolute Gasteiger partial charge is 0.493 e. The predicted molar refractivity (Wildman–Crippen MR) is 155 cm³/mol. The predicted octanol–water partition coefficient (Wildman–Crippen LogP) is 4.59. The molecule has 3 heterocycles. The van der Waals surface area contributed by atoms with Crippen LogP contribution in [-0.2, 0) is 9.53 Å². The molecule has 10 nitrogen and oxygen atoms in total. The maximum Gasteiger partial charge on any atom is 0.282 e.